The second kappa shape index (κ2) is 46.2. The van der Waals surface area contributed by atoms with Crippen molar-refractivity contribution in [2.24, 2.45) is 22.9 Å². The number of carboxylic acids is 1. The highest BCUT2D eigenvalue weighted by atomic mass is 16.6. The summed E-state index contributed by atoms with van der Waals surface area (Å²) in [7, 11) is 0. The lowest BCUT2D eigenvalue weighted by Crippen LogP contribution is -2.50. The van der Waals surface area contributed by atoms with Crippen LogP contribution in [0.2, 0.25) is 0 Å². The number of hydrogen-bond donors (Lipinski definition) is 9. The van der Waals surface area contributed by atoms with Gasteiger partial charge in [-0.15, -0.1) is 0 Å². The van der Waals surface area contributed by atoms with Crippen LogP contribution in [0, 0.1) is 0 Å². The van der Waals surface area contributed by atoms with E-state index >= 15 is 0 Å². The van der Waals surface area contributed by atoms with Crippen LogP contribution in [0.1, 0.15) is 145 Å². The van der Waals surface area contributed by atoms with Crippen LogP contribution in [0.15, 0.2) is 0 Å². The van der Waals surface area contributed by atoms with Gasteiger partial charge in [-0.25, -0.2) is 9.59 Å². The van der Waals surface area contributed by atoms with Crippen molar-refractivity contribution in [2.75, 3.05) is 157 Å². The van der Waals surface area contributed by atoms with Crippen molar-refractivity contribution in [3.63, 3.8) is 0 Å². The number of hydrogen-bond acceptors (Lipinski definition) is 17. The molecule has 0 radical (unpaired) electrons. The van der Waals surface area contributed by atoms with Gasteiger partial charge >= 0.3 is 18.2 Å². The molecule has 4 aliphatic heterocycles. The van der Waals surface area contributed by atoms with E-state index in [0.717, 1.165) is 77.8 Å². The molecule has 4 rings (SSSR count). The molecule has 0 spiro atoms. The second-order valence-electron chi connectivity index (χ2n) is 22.0. The van der Waals surface area contributed by atoms with Crippen molar-refractivity contribution < 1.29 is 48.1 Å². The highest BCUT2D eigenvalue weighted by Gasteiger charge is 2.25. The minimum Gasteiger partial charge on any atom is -0.481 e. The number of alkyl carbamates (subject to hydrolysis) is 2. The maximum Gasteiger partial charge on any atom is 0.407 e. The highest BCUT2D eigenvalue weighted by Crippen LogP contribution is 2.11. The van der Waals surface area contributed by atoms with Crippen LogP contribution in [0.25, 0.3) is 0 Å². The van der Waals surface area contributed by atoms with E-state index in [1.807, 2.05) is 35.5 Å². The van der Waals surface area contributed by atoms with Crippen LogP contribution in [0.4, 0.5) is 9.59 Å². The van der Waals surface area contributed by atoms with Crippen LogP contribution in [0.3, 0.4) is 0 Å². The average Bonchev–Trinajstić information content (AvgIpc) is 3.42. The average molecular weight is 1130 g/mol. The molecule has 79 heavy (non-hydrogen) atoms. The van der Waals surface area contributed by atoms with Gasteiger partial charge in [0.05, 0.1) is 0 Å². The molecule has 0 aromatic heterocycles. The minimum atomic E-state index is -0.865. The fraction of sp³-hybridized carbons (Fsp3) is 0.873. The van der Waals surface area contributed by atoms with E-state index in [4.69, 9.17) is 37.5 Å². The molecule has 4 fully saturated rings. The van der Waals surface area contributed by atoms with Crippen molar-refractivity contribution in [2.45, 2.75) is 156 Å². The van der Waals surface area contributed by atoms with E-state index in [0.29, 0.717) is 117 Å². The lowest BCUT2D eigenvalue weighted by Gasteiger charge is -2.35. The zero-order valence-electron chi connectivity index (χ0n) is 50.2. The van der Waals surface area contributed by atoms with Crippen molar-refractivity contribution in [1.29, 1.82) is 0 Å². The Labute approximate surface area is 475 Å². The molecule has 0 saturated carbocycles. The number of nitrogens with zero attached hydrogens (tertiary/aromatic N) is 6. The number of nitrogens with two attached hydrogens (primary N) is 4. The minimum absolute atomic E-state index is 0.0514. The third-order valence-corrected chi connectivity index (χ3v) is 12.7. The molecule has 6 amide bonds. The van der Waals surface area contributed by atoms with Gasteiger partial charge in [0.15, 0.2) is 0 Å². The molecule has 0 aromatic carbocycles. The van der Waals surface area contributed by atoms with E-state index in [1.54, 1.807) is 25.7 Å². The summed E-state index contributed by atoms with van der Waals surface area (Å²) in [5, 5.41) is 19.9. The first-order valence-corrected chi connectivity index (χ1v) is 29.5. The van der Waals surface area contributed by atoms with Gasteiger partial charge in [0.2, 0.25) is 23.6 Å². The molecule has 0 bridgehead atoms. The number of aliphatic carboxylic acids is 1. The van der Waals surface area contributed by atoms with Crippen LogP contribution >= 0.6 is 0 Å². The molecule has 0 atom stereocenters. The third-order valence-electron chi connectivity index (χ3n) is 12.7. The summed E-state index contributed by atoms with van der Waals surface area (Å²) >= 11 is 0. The van der Waals surface area contributed by atoms with Gasteiger partial charge in [0.1, 0.15) is 11.2 Å². The topological polar surface area (TPSA) is 330 Å². The van der Waals surface area contributed by atoms with E-state index in [1.165, 1.54) is 52.1 Å². The zero-order valence-corrected chi connectivity index (χ0v) is 50.2. The molecular weight excluding hydrogens is 1020 g/mol. The van der Waals surface area contributed by atoms with Gasteiger partial charge in [-0.2, -0.15) is 0 Å². The van der Waals surface area contributed by atoms with Crippen molar-refractivity contribution in [3.8, 4) is 0 Å². The smallest absolute Gasteiger partial charge is 0.407 e. The molecule has 0 aromatic rings. The Kier molecular flexibility index (Phi) is 43.6. The van der Waals surface area contributed by atoms with Gasteiger partial charge in [0, 0.05) is 150 Å². The first kappa shape index (κ1) is 74.6. The SMILES string of the molecule is C1CNCCN1.CC(C)(C)OC(=O)NCCCC(=O)O.CCCCC(=O)N1CCN(C(=O)CCCNC(=O)OC(C)(C)C)CC1.NCCCC(=O)N1CCN(C(=O)CCCN)CC1.NCCCCN1CCN(CCCCN)CC1. The molecule has 13 N–H and O–H groups in total. The molecule has 4 heterocycles. The van der Waals surface area contributed by atoms with Gasteiger partial charge in [-0.3, -0.25) is 24.0 Å². The van der Waals surface area contributed by atoms with Crippen LogP contribution in [-0.2, 0) is 33.4 Å². The molecule has 24 nitrogen and oxygen atoms in total. The standard InChI is InChI=1S/C18H33N3O4.C12H24N4O2.C12H28N4.C9H17NO4.C4H10N2/c1-5-6-8-15(22)20-11-13-21(14-12-20)16(23)9-7-10-19-17(24)25-18(2,3)4;13-5-1-3-11(17)15-7-9-16(10-8-15)12(18)4-2-6-14;13-5-1-3-7-15-9-11-16(12-10-15)8-4-2-6-14;1-9(2,3)14-8(13)10-6-4-5-7(11)12;1-2-6-4-3-5-1/h5-14H2,1-4H3,(H,19,24);1-10,13-14H2;1-14H2;4-6H2,1-3H3,(H,10,13)(H,11,12);5-6H,1-4H2. The van der Waals surface area contributed by atoms with Gasteiger partial charge in [-0.1, -0.05) is 13.3 Å². The largest absolute Gasteiger partial charge is 0.481 e. The summed E-state index contributed by atoms with van der Waals surface area (Å²) in [6, 6.07) is 0. The number of amides is 6. The molecule has 24 heteroatoms. The molecular formula is C55H112N14O10. The Morgan fingerprint density at radius 1 is 0.430 bits per heavy atom. The monoisotopic (exact) mass is 1130 g/mol. The van der Waals surface area contributed by atoms with Crippen LogP contribution in [0.5, 0.6) is 0 Å². The third kappa shape index (κ3) is 43.0. The lowest BCUT2D eigenvalue weighted by atomic mass is 10.2. The fourth-order valence-electron chi connectivity index (χ4n) is 8.17. The first-order chi connectivity index (χ1) is 37.6. The summed E-state index contributed by atoms with van der Waals surface area (Å²) in [4.78, 5) is 92.8. The van der Waals surface area contributed by atoms with E-state index in [9.17, 15) is 33.6 Å². The normalized spacial score (nSPS) is 16.0. The molecule has 4 saturated heterocycles. The van der Waals surface area contributed by atoms with Crippen LogP contribution in [-0.4, -0.2) is 245 Å². The predicted octanol–water partition coefficient (Wildman–Crippen LogP) is 1.92. The molecule has 4 aliphatic rings. The van der Waals surface area contributed by atoms with Gasteiger partial charge in [-0.05, 0) is 139 Å². The number of carbonyl (C=O) groups is 7. The second-order valence-corrected chi connectivity index (χ2v) is 22.0. The van der Waals surface area contributed by atoms with E-state index in [2.05, 4.69) is 38.0 Å². The Morgan fingerprint density at radius 3 is 0.987 bits per heavy atom. The lowest BCUT2D eigenvalue weighted by molar-refractivity contribution is -0.139. The summed E-state index contributed by atoms with van der Waals surface area (Å²) < 4.78 is 10.1. The van der Waals surface area contributed by atoms with Crippen LogP contribution < -0.4 is 44.2 Å². The Hall–Kier alpha value is -4.43. The fourth-order valence-corrected chi connectivity index (χ4v) is 8.17. The molecule has 0 aliphatic carbocycles. The quantitative estimate of drug-likeness (QED) is 0.0590. The maximum atomic E-state index is 12.2. The van der Waals surface area contributed by atoms with Gasteiger partial charge in [0.25, 0.3) is 0 Å². The summed E-state index contributed by atoms with van der Waals surface area (Å²) in [5.74, 6) is -0.304. The maximum absolute atomic E-state index is 12.2. The molecule has 462 valence electrons. The number of nitrogens with one attached hydrogen (secondary N) is 4. The first-order valence-electron chi connectivity index (χ1n) is 29.5. The Morgan fingerprint density at radius 2 is 0.722 bits per heavy atom. The van der Waals surface area contributed by atoms with Crippen molar-refractivity contribution in [3.05, 3.63) is 0 Å². The number of carbonyl (C=O) groups excluding carboxylic acids is 6. The summed E-state index contributed by atoms with van der Waals surface area (Å²) in [5.41, 5.74) is 20.7. The van der Waals surface area contributed by atoms with E-state index in [-0.39, 0.29) is 30.0 Å². The number of piperazine rings is 4. The highest BCUT2D eigenvalue weighted by molar-refractivity contribution is 5.79. The predicted molar refractivity (Wildman–Crippen MR) is 312 cm³/mol. The zero-order chi connectivity index (χ0) is 59.3. The number of carboxylic acid groups (broad SMARTS) is 1. The van der Waals surface area contributed by atoms with Crippen molar-refractivity contribution >= 4 is 41.8 Å². The van der Waals surface area contributed by atoms with E-state index < -0.39 is 29.4 Å². The number of unbranched alkanes of at least 4 members (excludes halogenated alkanes) is 3. The van der Waals surface area contributed by atoms with Crippen molar-refractivity contribution in [1.82, 2.24) is 50.7 Å². The van der Waals surface area contributed by atoms with Gasteiger partial charge < -0.3 is 88.2 Å². The summed E-state index contributed by atoms with van der Waals surface area (Å²) in [6.07, 6.45) is 10.3. The Balaban J connectivity index is 0.00000101. The number of rotatable bonds is 25. The Bertz CT molecular complexity index is 1570. The molecule has 0 unspecified atom stereocenters. The summed E-state index contributed by atoms with van der Waals surface area (Å²) in [6.45, 7) is 33.2. The number of ether oxygens (including phenoxy) is 2.